The molecule has 178 valence electrons. The highest BCUT2D eigenvalue weighted by atomic mass is 28.4. The summed E-state index contributed by atoms with van der Waals surface area (Å²) in [5.74, 6) is 0.296. The number of carbonyl (C=O) groups excluding carboxylic acids is 1. The van der Waals surface area contributed by atoms with Crippen molar-refractivity contribution in [1.82, 2.24) is 4.57 Å². The van der Waals surface area contributed by atoms with Gasteiger partial charge in [0.1, 0.15) is 11.3 Å². The number of nitrogens with zero attached hydrogens (tertiary/aromatic N) is 1. The van der Waals surface area contributed by atoms with Crippen molar-refractivity contribution in [2.24, 2.45) is 5.92 Å². The monoisotopic (exact) mass is 461 g/mol. The second-order valence-electron chi connectivity index (χ2n) is 10.2. The van der Waals surface area contributed by atoms with Crippen LogP contribution in [0.5, 0.6) is 5.75 Å². The summed E-state index contributed by atoms with van der Waals surface area (Å²) in [6.45, 7) is 19.7. The number of hydrogen-bond acceptors (Lipinski definition) is 5. The third kappa shape index (κ3) is 5.26. The molecule has 7 heteroatoms. The topological polar surface area (TPSA) is 66.8 Å². The van der Waals surface area contributed by atoms with Crippen LogP contribution in [0.1, 0.15) is 63.5 Å². The molecule has 2 rings (SSSR count). The lowest BCUT2D eigenvalue weighted by Crippen LogP contribution is -2.42. The number of fused-ring (bicyclic) bond motifs is 1. The van der Waals surface area contributed by atoms with E-state index in [0.29, 0.717) is 17.7 Å². The maximum Gasteiger partial charge on any atom is 0.343 e. The highest BCUT2D eigenvalue weighted by Gasteiger charge is 2.38. The van der Waals surface area contributed by atoms with Crippen molar-refractivity contribution in [3.63, 3.8) is 0 Å². The number of benzene rings is 1. The summed E-state index contributed by atoms with van der Waals surface area (Å²) in [4.78, 5) is 25.8. The van der Waals surface area contributed by atoms with E-state index in [0.717, 1.165) is 11.1 Å². The van der Waals surface area contributed by atoms with E-state index in [9.17, 15) is 9.59 Å². The highest BCUT2D eigenvalue weighted by molar-refractivity contribution is 6.74. The lowest BCUT2D eigenvalue weighted by Gasteiger charge is -2.38. The van der Waals surface area contributed by atoms with E-state index in [-0.39, 0.29) is 34.6 Å². The molecule has 0 amide bonds. The maximum atomic E-state index is 13.2. The number of methoxy groups -OCH3 is 1. The number of ether oxygens (including phenoxy) is 2. The van der Waals surface area contributed by atoms with Crippen molar-refractivity contribution in [2.75, 3.05) is 20.3 Å². The quantitative estimate of drug-likeness (QED) is 0.372. The molecular weight excluding hydrogens is 422 g/mol. The average molecular weight is 462 g/mol. The minimum atomic E-state index is -1.99. The first-order valence-electron chi connectivity index (χ1n) is 11.3. The average Bonchev–Trinajstić information content (AvgIpc) is 2.68. The van der Waals surface area contributed by atoms with E-state index in [1.165, 1.54) is 0 Å². The Labute approximate surface area is 193 Å². The smallest absolute Gasteiger partial charge is 0.343 e. The summed E-state index contributed by atoms with van der Waals surface area (Å²) in [6, 6.07) is 3.60. The second-order valence-corrected chi connectivity index (χ2v) is 15.0. The van der Waals surface area contributed by atoms with E-state index in [4.69, 9.17) is 13.9 Å². The van der Waals surface area contributed by atoms with Gasteiger partial charge in [0.15, 0.2) is 8.32 Å². The van der Waals surface area contributed by atoms with Crippen LogP contribution in [0.4, 0.5) is 0 Å². The molecule has 0 fully saturated rings. The van der Waals surface area contributed by atoms with Gasteiger partial charge < -0.3 is 18.5 Å². The van der Waals surface area contributed by atoms with Gasteiger partial charge in [0.05, 0.1) is 31.9 Å². The Balaban J connectivity index is 2.74. The van der Waals surface area contributed by atoms with Gasteiger partial charge in [-0.25, -0.2) is 4.79 Å². The summed E-state index contributed by atoms with van der Waals surface area (Å²) in [6.07, 6.45) is 1.64. The highest BCUT2D eigenvalue weighted by Crippen LogP contribution is 2.38. The zero-order valence-electron chi connectivity index (χ0n) is 21.3. The summed E-state index contributed by atoms with van der Waals surface area (Å²) in [5.41, 5.74) is 1.28. The van der Waals surface area contributed by atoms with Crippen molar-refractivity contribution in [3.05, 3.63) is 39.7 Å². The van der Waals surface area contributed by atoms with E-state index < -0.39 is 14.3 Å². The normalized spacial score (nSPS) is 13.5. The summed E-state index contributed by atoms with van der Waals surface area (Å²) >= 11 is 0. The first-order valence-corrected chi connectivity index (χ1v) is 14.2. The Morgan fingerprint density at radius 1 is 1.19 bits per heavy atom. The maximum absolute atomic E-state index is 13.2. The Hall–Kier alpha value is -2.12. The second kappa shape index (κ2) is 9.79. The molecule has 1 atom stereocenters. The van der Waals surface area contributed by atoms with Crippen molar-refractivity contribution in [2.45, 2.75) is 72.6 Å². The molecule has 1 aromatic carbocycles. The van der Waals surface area contributed by atoms with Gasteiger partial charge in [0.25, 0.3) is 0 Å². The molecule has 0 saturated carbocycles. The summed E-state index contributed by atoms with van der Waals surface area (Å²) in [5, 5.41) is 0.558. The SMILES string of the molecule is CCOC(=O)c1cn(C(CO[Si](C)(C)C(C)(C)C)C(C)C)c2cc(OC)c(C)cc2c1=O. The predicted molar refractivity (Wildman–Crippen MR) is 132 cm³/mol. The number of aromatic nitrogens is 1. The third-order valence-corrected chi connectivity index (χ3v) is 11.1. The van der Waals surface area contributed by atoms with Crippen molar-refractivity contribution in [1.29, 1.82) is 0 Å². The molecule has 0 aliphatic heterocycles. The molecule has 6 nitrogen and oxygen atoms in total. The molecule has 0 bridgehead atoms. The number of hydrogen-bond donors (Lipinski definition) is 0. The summed E-state index contributed by atoms with van der Waals surface area (Å²) in [7, 11) is -0.376. The molecule has 2 aromatic rings. The molecule has 0 N–H and O–H groups in total. The number of aryl methyl sites for hydroxylation is 1. The van der Waals surface area contributed by atoms with Crippen LogP contribution in [-0.4, -0.2) is 39.2 Å². The Kier molecular flexibility index (Phi) is 7.99. The lowest BCUT2D eigenvalue weighted by molar-refractivity contribution is 0.0523. The Bertz CT molecular complexity index is 1030. The molecule has 0 radical (unpaired) electrons. The van der Waals surface area contributed by atoms with Crippen LogP contribution in [0.25, 0.3) is 10.9 Å². The standard InChI is InChI=1S/C25H39NO5Si/c1-11-30-24(28)19-14-26(20-13-22(29-8)17(4)12-18(20)23(19)27)21(16(2)3)15-31-32(9,10)25(5,6)7/h12-14,16,21H,11,15H2,1-10H3. The number of carbonyl (C=O) groups is 1. The molecular formula is C25H39NO5Si. The number of esters is 1. The minimum absolute atomic E-state index is 0.0434. The van der Waals surface area contributed by atoms with E-state index in [2.05, 4.69) is 47.7 Å². The number of rotatable bonds is 8. The molecule has 0 saturated heterocycles. The molecule has 0 aliphatic carbocycles. The van der Waals surface area contributed by atoms with Gasteiger partial charge in [0, 0.05) is 17.6 Å². The largest absolute Gasteiger partial charge is 0.496 e. The lowest BCUT2D eigenvalue weighted by atomic mass is 10.0. The molecule has 0 aliphatic rings. The summed E-state index contributed by atoms with van der Waals surface area (Å²) < 4.78 is 19.3. The zero-order valence-corrected chi connectivity index (χ0v) is 22.3. The van der Waals surface area contributed by atoms with Gasteiger partial charge >= 0.3 is 5.97 Å². The van der Waals surface area contributed by atoms with E-state index in [1.807, 2.05) is 17.6 Å². The fraction of sp³-hybridized carbons (Fsp3) is 0.600. The van der Waals surface area contributed by atoms with Crippen LogP contribution in [-0.2, 0) is 9.16 Å². The van der Waals surface area contributed by atoms with Gasteiger partial charge in [-0.3, -0.25) is 4.79 Å². The van der Waals surface area contributed by atoms with Gasteiger partial charge in [-0.05, 0) is 49.5 Å². The third-order valence-electron chi connectivity index (χ3n) is 6.59. The first kappa shape index (κ1) is 26.1. The Morgan fingerprint density at radius 3 is 2.31 bits per heavy atom. The van der Waals surface area contributed by atoms with Crippen LogP contribution in [0.15, 0.2) is 23.1 Å². The number of pyridine rings is 1. The van der Waals surface area contributed by atoms with Crippen LogP contribution in [0.3, 0.4) is 0 Å². The molecule has 1 aromatic heterocycles. The molecule has 0 spiro atoms. The van der Waals surface area contributed by atoms with Crippen LogP contribution >= 0.6 is 0 Å². The first-order chi connectivity index (χ1) is 14.7. The van der Waals surface area contributed by atoms with Crippen LogP contribution < -0.4 is 10.2 Å². The zero-order chi connectivity index (χ0) is 24.4. The van der Waals surface area contributed by atoms with Gasteiger partial charge in [-0.1, -0.05) is 34.6 Å². The fourth-order valence-electron chi connectivity index (χ4n) is 3.44. The van der Waals surface area contributed by atoms with Crippen LogP contribution in [0, 0.1) is 12.8 Å². The Morgan fingerprint density at radius 2 is 1.81 bits per heavy atom. The van der Waals surface area contributed by atoms with E-state index >= 15 is 0 Å². The van der Waals surface area contributed by atoms with Gasteiger partial charge in [0.2, 0.25) is 5.43 Å². The van der Waals surface area contributed by atoms with E-state index in [1.54, 1.807) is 26.3 Å². The van der Waals surface area contributed by atoms with Crippen LogP contribution in [0.2, 0.25) is 18.1 Å². The molecule has 1 unspecified atom stereocenters. The predicted octanol–water partition coefficient (Wildman–Crippen LogP) is 5.71. The van der Waals surface area contributed by atoms with Gasteiger partial charge in [-0.15, -0.1) is 0 Å². The van der Waals surface area contributed by atoms with Gasteiger partial charge in [-0.2, -0.15) is 0 Å². The fourth-order valence-corrected chi connectivity index (χ4v) is 4.46. The van der Waals surface area contributed by atoms with Crippen molar-refractivity contribution < 1.29 is 18.7 Å². The molecule has 1 heterocycles. The molecule has 32 heavy (non-hydrogen) atoms. The van der Waals surface area contributed by atoms with Crippen molar-refractivity contribution in [3.8, 4) is 5.75 Å². The van der Waals surface area contributed by atoms with Crippen molar-refractivity contribution >= 4 is 25.2 Å². The minimum Gasteiger partial charge on any atom is -0.496 e.